The smallest absolute Gasteiger partial charge is 0.228 e. The van der Waals surface area contributed by atoms with Crippen LogP contribution in [0.2, 0.25) is 0 Å². The van der Waals surface area contributed by atoms with Crippen LogP contribution < -0.4 is 10.1 Å². The maximum absolute atomic E-state index is 13.7. The van der Waals surface area contributed by atoms with Crippen LogP contribution in [0.3, 0.4) is 0 Å². The van der Waals surface area contributed by atoms with Crippen LogP contribution in [0.25, 0.3) is 5.82 Å². The summed E-state index contributed by atoms with van der Waals surface area (Å²) >= 11 is 0. The van der Waals surface area contributed by atoms with Crippen molar-refractivity contribution < 1.29 is 13.9 Å². The van der Waals surface area contributed by atoms with E-state index in [0.29, 0.717) is 28.7 Å². The molecule has 0 spiro atoms. The lowest BCUT2D eigenvalue weighted by molar-refractivity contribution is -0.115. The third kappa shape index (κ3) is 4.65. The fraction of sp³-hybridized carbons (Fsp3) is 0.0455. The largest absolute Gasteiger partial charge is 0.439 e. The third-order valence-corrected chi connectivity index (χ3v) is 4.17. The van der Waals surface area contributed by atoms with Gasteiger partial charge in [-0.15, -0.1) is 0 Å². The fourth-order valence-corrected chi connectivity index (χ4v) is 2.76. The maximum Gasteiger partial charge on any atom is 0.228 e. The monoisotopic (exact) mass is 388 g/mol. The molecule has 144 valence electrons. The number of benzene rings is 2. The minimum Gasteiger partial charge on any atom is -0.439 e. The standard InChI is InChI=1S/C22H17FN4O2/c23-19-6-2-1-5-16(19)13-21(28)26-17-7-9-18(10-8-17)29-22-14-20(24-15-25-22)27-11-3-4-12-27/h1-12,14-15H,13H2,(H,26,28). The molecule has 0 aliphatic carbocycles. The van der Waals surface area contributed by atoms with E-state index < -0.39 is 5.82 Å². The molecule has 6 nitrogen and oxygen atoms in total. The Kier molecular flexibility index (Phi) is 5.29. The number of rotatable bonds is 6. The van der Waals surface area contributed by atoms with Gasteiger partial charge in [0.15, 0.2) is 0 Å². The molecule has 4 aromatic rings. The summed E-state index contributed by atoms with van der Waals surface area (Å²) in [6.45, 7) is 0. The highest BCUT2D eigenvalue weighted by Gasteiger charge is 2.08. The molecule has 29 heavy (non-hydrogen) atoms. The first-order chi connectivity index (χ1) is 14.2. The molecule has 1 amide bonds. The highest BCUT2D eigenvalue weighted by molar-refractivity contribution is 5.92. The summed E-state index contributed by atoms with van der Waals surface area (Å²) < 4.78 is 21.3. The van der Waals surface area contributed by atoms with Gasteiger partial charge in [0.2, 0.25) is 11.8 Å². The van der Waals surface area contributed by atoms with Gasteiger partial charge >= 0.3 is 0 Å². The molecule has 2 heterocycles. The van der Waals surface area contributed by atoms with Crippen LogP contribution in [0.5, 0.6) is 11.6 Å². The molecular formula is C22H17FN4O2. The zero-order chi connectivity index (χ0) is 20.1. The Morgan fingerprint density at radius 1 is 1.00 bits per heavy atom. The Bertz CT molecular complexity index is 1110. The van der Waals surface area contributed by atoms with Crippen molar-refractivity contribution in [2.24, 2.45) is 0 Å². The molecule has 2 aromatic heterocycles. The summed E-state index contributed by atoms with van der Waals surface area (Å²) in [6, 6.07) is 18.6. The van der Waals surface area contributed by atoms with E-state index in [9.17, 15) is 9.18 Å². The van der Waals surface area contributed by atoms with Crippen molar-refractivity contribution in [1.29, 1.82) is 0 Å². The number of carbonyl (C=O) groups excluding carboxylic acids is 1. The Morgan fingerprint density at radius 3 is 2.52 bits per heavy atom. The lowest BCUT2D eigenvalue weighted by atomic mass is 10.1. The van der Waals surface area contributed by atoms with E-state index in [4.69, 9.17) is 4.74 Å². The zero-order valence-electron chi connectivity index (χ0n) is 15.3. The van der Waals surface area contributed by atoms with E-state index in [-0.39, 0.29) is 12.3 Å². The second-order valence-corrected chi connectivity index (χ2v) is 6.25. The van der Waals surface area contributed by atoms with Crippen molar-refractivity contribution in [2.45, 2.75) is 6.42 Å². The number of amides is 1. The topological polar surface area (TPSA) is 69.0 Å². The van der Waals surface area contributed by atoms with Gasteiger partial charge in [-0.3, -0.25) is 4.79 Å². The van der Waals surface area contributed by atoms with Gasteiger partial charge in [0.05, 0.1) is 6.42 Å². The molecule has 1 N–H and O–H groups in total. The first kappa shape index (κ1) is 18.4. The van der Waals surface area contributed by atoms with Crippen molar-refractivity contribution in [1.82, 2.24) is 14.5 Å². The third-order valence-electron chi connectivity index (χ3n) is 4.17. The number of aromatic nitrogens is 3. The van der Waals surface area contributed by atoms with Crippen molar-refractivity contribution in [2.75, 3.05) is 5.32 Å². The number of hydrogen-bond acceptors (Lipinski definition) is 4. The van der Waals surface area contributed by atoms with Gasteiger partial charge in [0.1, 0.15) is 23.7 Å². The molecule has 0 saturated carbocycles. The summed E-state index contributed by atoms with van der Waals surface area (Å²) in [5, 5.41) is 2.75. The van der Waals surface area contributed by atoms with Crippen molar-refractivity contribution >= 4 is 11.6 Å². The predicted octanol–water partition coefficient (Wildman–Crippen LogP) is 4.38. The summed E-state index contributed by atoms with van der Waals surface area (Å²) in [4.78, 5) is 20.5. The number of hydrogen-bond donors (Lipinski definition) is 1. The van der Waals surface area contributed by atoms with Gasteiger partial charge in [0.25, 0.3) is 0 Å². The molecule has 0 unspecified atom stereocenters. The molecule has 7 heteroatoms. The lowest BCUT2D eigenvalue weighted by Crippen LogP contribution is -2.15. The highest BCUT2D eigenvalue weighted by atomic mass is 19.1. The van der Waals surface area contributed by atoms with Crippen LogP contribution >= 0.6 is 0 Å². The molecule has 4 rings (SSSR count). The first-order valence-electron chi connectivity index (χ1n) is 8.94. The van der Waals surface area contributed by atoms with E-state index in [1.807, 2.05) is 29.1 Å². The lowest BCUT2D eigenvalue weighted by Gasteiger charge is -2.09. The molecule has 0 fully saturated rings. The maximum atomic E-state index is 13.7. The van der Waals surface area contributed by atoms with Gasteiger partial charge in [0, 0.05) is 24.1 Å². The van der Waals surface area contributed by atoms with Gasteiger partial charge in [-0.25, -0.2) is 14.4 Å². The summed E-state index contributed by atoms with van der Waals surface area (Å²) in [6.07, 6.45) is 5.16. The van der Waals surface area contributed by atoms with Crippen LogP contribution in [-0.4, -0.2) is 20.4 Å². The van der Waals surface area contributed by atoms with E-state index in [1.54, 1.807) is 48.5 Å². The van der Waals surface area contributed by atoms with Crippen molar-refractivity contribution in [3.05, 3.63) is 96.8 Å². The fourth-order valence-electron chi connectivity index (χ4n) is 2.76. The summed E-state index contributed by atoms with van der Waals surface area (Å²) in [7, 11) is 0. The number of ether oxygens (including phenoxy) is 1. The van der Waals surface area contributed by atoms with E-state index >= 15 is 0 Å². The Morgan fingerprint density at radius 2 is 1.76 bits per heavy atom. The van der Waals surface area contributed by atoms with Crippen LogP contribution in [-0.2, 0) is 11.2 Å². The summed E-state index contributed by atoms with van der Waals surface area (Å²) in [5.41, 5.74) is 0.946. The number of anilines is 1. The predicted molar refractivity (Wildman–Crippen MR) is 107 cm³/mol. The van der Waals surface area contributed by atoms with Crippen LogP contribution in [0.4, 0.5) is 10.1 Å². The molecule has 0 aliphatic heterocycles. The highest BCUT2D eigenvalue weighted by Crippen LogP contribution is 2.22. The minimum atomic E-state index is -0.393. The number of carbonyl (C=O) groups is 1. The average Bonchev–Trinajstić information content (AvgIpc) is 3.26. The van der Waals surface area contributed by atoms with Crippen LogP contribution in [0.15, 0.2) is 85.5 Å². The van der Waals surface area contributed by atoms with Gasteiger partial charge < -0.3 is 14.6 Å². The Hall–Kier alpha value is -4.00. The van der Waals surface area contributed by atoms with Gasteiger partial charge in [-0.2, -0.15) is 0 Å². The summed E-state index contributed by atoms with van der Waals surface area (Å²) in [5.74, 6) is 0.970. The average molecular weight is 388 g/mol. The number of nitrogens with zero attached hydrogens (tertiary/aromatic N) is 3. The molecule has 0 atom stereocenters. The Balaban J connectivity index is 1.39. The van der Waals surface area contributed by atoms with Crippen molar-refractivity contribution in [3.8, 4) is 17.4 Å². The van der Waals surface area contributed by atoms with Gasteiger partial charge in [-0.1, -0.05) is 18.2 Å². The van der Waals surface area contributed by atoms with Crippen LogP contribution in [0.1, 0.15) is 5.56 Å². The molecule has 2 aromatic carbocycles. The van der Waals surface area contributed by atoms with Gasteiger partial charge in [-0.05, 0) is 48.0 Å². The molecule has 0 bridgehead atoms. The second-order valence-electron chi connectivity index (χ2n) is 6.25. The number of nitrogens with one attached hydrogen (secondary N) is 1. The zero-order valence-corrected chi connectivity index (χ0v) is 15.3. The molecule has 0 aliphatic rings. The second kappa shape index (κ2) is 8.35. The Labute approximate surface area is 166 Å². The quantitative estimate of drug-likeness (QED) is 0.532. The van der Waals surface area contributed by atoms with E-state index in [1.165, 1.54) is 12.4 Å². The molecule has 0 saturated heterocycles. The first-order valence-corrected chi connectivity index (χ1v) is 8.94. The number of halogens is 1. The van der Waals surface area contributed by atoms with Crippen molar-refractivity contribution in [3.63, 3.8) is 0 Å². The van der Waals surface area contributed by atoms with E-state index in [0.717, 1.165) is 0 Å². The molecular weight excluding hydrogens is 371 g/mol. The molecule has 0 radical (unpaired) electrons. The minimum absolute atomic E-state index is 0.0337. The normalized spacial score (nSPS) is 10.5. The van der Waals surface area contributed by atoms with Crippen LogP contribution in [0, 0.1) is 5.82 Å². The SMILES string of the molecule is O=C(Cc1ccccc1F)Nc1ccc(Oc2cc(-n3cccc3)ncn2)cc1. The van der Waals surface area contributed by atoms with E-state index in [2.05, 4.69) is 15.3 Å².